The maximum absolute atomic E-state index is 12.2. The molecule has 0 unspecified atom stereocenters. The van der Waals surface area contributed by atoms with Crippen LogP contribution in [0.15, 0.2) is 48.0 Å². The predicted octanol–water partition coefficient (Wildman–Crippen LogP) is 1.18. The second-order valence-corrected chi connectivity index (χ2v) is 4.77. The Bertz CT molecular complexity index is 664. The third-order valence-electron chi connectivity index (χ3n) is 3.42. The number of aliphatic imine (C=N–C) groups is 1. The van der Waals surface area contributed by atoms with Crippen molar-refractivity contribution >= 4 is 11.6 Å². The molecule has 1 aliphatic heterocycles. The van der Waals surface area contributed by atoms with Crippen LogP contribution in [0.4, 0.5) is 0 Å². The van der Waals surface area contributed by atoms with Crippen LogP contribution < -0.4 is 4.74 Å². The van der Waals surface area contributed by atoms with Crippen LogP contribution in [0.2, 0.25) is 0 Å². The van der Waals surface area contributed by atoms with Crippen LogP contribution in [0.25, 0.3) is 0 Å². The Balaban J connectivity index is 1.68. The molecule has 3 rings (SSSR count). The molecule has 0 saturated heterocycles. The molecule has 1 aromatic heterocycles. The van der Waals surface area contributed by atoms with Gasteiger partial charge < -0.3 is 14.2 Å². The SMILES string of the molecule is COc1ccccc1C1=NCN(C(=O)Cn2ccnc2)C1. The number of imidazole rings is 1. The highest BCUT2D eigenvalue weighted by molar-refractivity contribution is 6.06. The lowest BCUT2D eigenvalue weighted by molar-refractivity contribution is -0.130. The van der Waals surface area contributed by atoms with Crippen molar-refractivity contribution in [3.8, 4) is 5.75 Å². The van der Waals surface area contributed by atoms with Crippen molar-refractivity contribution < 1.29 is 9.53 Å². The number of ether oxygens (including phenoxy) is 1. The summed E-state index contributed by atoms with van der Waals surface area (Å²) in [6, 6.07) is 7.71. The molecule has 0 fully saturated rings. The molecular weight excluding hydrogens is 268 g/mol. The second-order valence-electron chi connectivity index (χ2n) is 4.77. The minimum atomic E-state index is 0.0293. The molecule has 1 amide bonds. The topological polar surface area (TPSA) is 59.7 Å². The van der Waals surface area contributed by atoms with Crippen LogP contribution in [-0.4, -0.2) is 46.4 Å². The van der Waals surface area contributed by atoms with Gasteiger partial charge in [0, 0.05) is 18.0 Å². The van der Waals surface area contributed by atoms with E-state index in [4.69, 9.17) is 4.74 Å². The third-order valence-corrected chi connectivity index (χ3v) is 3.42. The molecule has 0 aliphatic carbocycles. The van der Waals surface area contributed by atoms with Crippen LogP contribution in [0.5, 0.6) is 5.75 Å². The zero-order chi connectivity index (χ0) is 14.7. The molecule has 2 aromatic rings. The zero-order valence-corrected chi connectivity index (χ0v) is 11.8. The van der Waals surface area contributed by atoms with E-state index < -0.39 is 0 Å². The van der Waals surface area contributed by atoms with E-state index in [1.807, 2.05) is 24.3 Å². The molecule has 0 spiro atoms. The first-order valence-electron chi connectivity index (χ1n) is 6.68. The molecule has 0 saturated carbocycles. The van der Waals surface area contributed by atoms with E-state index in [0.29, 0.717) is 13.2 Å². The van der Waals surface area contributed by atoms with E-state index in [1.165, 1.54) is 0 Å². The van der Waals surface area contributed by atoms with E-state index in [-0.39, 0.29) is 12.5 Å². The average Bonchev–Trinajstić information content (AvgIpc) is 3.18. The van der Waals surface area contributed by atoms with Crippen molar-refractivity contribution in [1.29, 1.82) is 0 Å². The van der Waals surface area contributed by atoms with Gasteiger partial charge in [0.05, 0.1) is 25.7 Å². The maximum atomic E-state index is 12.2. The van der Waals surface area contributed by atoms with Crippen LogP contribution in [0.3, 0.4) is 0 Å². The number of benzene rings is 1. The number of aromatic nitrogens is 2. The molecule has 21 heavy (non-hydrogen) atoms. The van der Waals surface area contributed by atoms with Gasteiger partial charge in [0.15, 0.2) is 0 Å². The smallest absolute Gasteiger partial charge is 0.244 e. The summed E-state index contributed by atoms with van der Waals surface area (Å²) in [5, 5.41) is 0. The van der Waals surface area contributed by atoms with E-state index in [0.717, 1.165) is 17.0 Å². The summed E-state index contributed by atoms with van der Waals surface area (Å²) >= 11 is 0. The number of hydrogen-bond donors (Lipinski definition) is 0. The maximum Gasteiger partial charge on any atom is 0.244 e. The molecular formula is C15H16N4O2. The Hall–Kier alpha value is -2.63. The molecule has 108 valence electrons. The fraction of sp³-hybridized carbons (Fsp3) is 0.267. The summed E-state index contributed by atoms with van der Waals surface area (Å²) in [5.41, 5.74) is 1.82. The van der Waals surface area contributed by atoms with E-state index in [9.17, 15) is 4.79 Å². The Morgan fingerprint density at radius 3 is 3.00 bits per heavy atom. The van der Waals surface area contributed by atoms with Gasteiger partial charge in [0.2, 0.25) is 5.91 Å². The summed E-state index contributed by atoms with van der Waals surface area (Å²) < 4.78 is 7.10. The highest BCUT2D eigenvalue weighted by Crippen LogP contribution is 2.21. The molecule has 1 aliphatic rings. The van der Waals surface area contributed by atoms with Crippen LogP contribution in [-0.2, 0) is 11.3 Å². The standard InChI is InChI=1S/C15H16N4O2/c1-21-14-5-3-2-4-12(14)13-8-19(11-17-13)15(20)9-18-7-6-16-10-18/h2-7,10H,8-9,11H2,1H3. The van der Waals surface area contributed by atoms with Crippen molar-refractivity contribution in [1.82, 2.24) is 14.5 Å². The Labute approximate surface area is 122 Å². The number of para-hydroxylation sites is 1. The van der Waals surface area contributed by atoms with Gasteiger partial charge in [-0.25, -0.2) is 4.98 Å². The summed E-state index contributed by atoms with van der Waals surface area (Å²) in [7, 11) is 1.64. The quantitative estimate of drug-likeness (QED) is 0.847. The van der Waals surface area contributed by atoms with Gasteiger partial charge in [-0.15, -0.1) is 0 Å². The van der Waals surface area contributed by atoms with Crippen molar-refractivity contribution in [2.24, 2.45) is 4.99 Å². The molecule has 0 radical (unpaired) electrons. The fourth-order valence-electron chi connectivity index (χ4n) is 2.31. The van der Waals surface area contributed by atoms with Gasteiger partial charge in [-0.3, -0.25) is 9.79 Å². The Morgan fingerprint density at radius 2 is 2.24 bits per heavy atom. The first-order chi connectivity index (χ1) is 10.3. The third kappa shape index (κ3) is 2.79. The average molecular weight is 284 g/mol. The Morgan fingerprint density at radius 1 is 1.38 bits per heavy atom. The number of nitrogens with zero attached hydrogens (tertiary/aromatic N) is 4. The minimum absolute atomic E-state index is 0.0293. The highest BCUT2D eigenvalue weighted by Gasteiger charge is 2.23. The van der Waals surface area contributed by atoms with Crippen LogP contribution in [0, 0.1) is 0 Å². The van der Waals surface area contributed by atoms with Crippen LogP contribution in [0.1, 0.15) is 5.56 Å². The van der Waals surface area contributed by atoms with Crippen LogP contribution >= 0.6 is 0 Å². The van der Waals surface area contributed by atoms with Gasteiger partial charge >= 0.3 is 0 Å². The Kier molecular flexibility index (Phi) is 3.68. The number of rotatable bonds is 4. The summed E-state index contributed by atoms with van der Waals surface area (Å²) in [6.45, 7) is 1.18. The number of hydrogen-bond acceptors (Lipinski definition) is 4. The molecule has 2 heterocycles. The van der Waals surface area contributed by atoms with E-state index in [2.05, 4.69) is 9.98 Å². The minimum Gasteiger partial charge on any atom is -0.496 e. The number of carbonyl (C=O) groups excluding carboxylic acids is 1. The summed E-state index contributed by atoms with van der Waals surface area (Å²) in [5.74, 6) is 0.807. The number of methoxy groups -OCH3 is 1. The lowest BCUT2D eigenvalue weighted by atomic mass is 10.1. The zero-order valence-electron chi connectivity index (χ0n) is 11.8. The number of carbonyl (C=O) groups is 1. The fourth-order valence-corrected chi connectivity index (χ4v) is 2.31. The van der Waals surface area contributed by atoms with Crippen molar-refractivity contribution in [3.63, 3.8) is 0 Å². The van der Waals surface area contributed by atoms with Gasteiger partial charge in [-0.05, 0) is 12.1 Å². The monoisotopic (exact) mass is 284 g/mol. The number of amides is 1. The molecule has 0 atom stereocenters. The lowest BCUT2D eigenvalue weighted by Crippen LogP contribution is -2.33. The van der Waals surface area contributed by atoms with E-state index in [1.54, 1.807) is 35.3 Å². The first kappa shape index (κ1) is 13.4. The highest BCUT2D eigenvalue weighted by atomic mass is 16.5. The molecule has 1 aromatic carbocycles. The summed E-state index contributed by atoms with van der Waals surface area (Å²) in [4.78, 5) is 22.3. The predicted molar refractivity (Wildman–Crippen MR) is 78.3 cm³/mol. The van der Waals surface area contributed by atoms with Gasteiger partial charge in [0.25, 0.3) is 0 Å². The molecule has 6 heteroatoms. The summed E-state index contributed by atoms with van der Waals surface area (Å²) in [6.07, 6.45) is 5.07. The largest absolute Gasteiger partial charge is 0.496 e. The molecule has 0 bridgehead atoms. The van der Waals surface area contributed by atoms with Crippen molar-refractivity contribution in [2.75, 3.05) is 20.3 Å². The second kappa shape index (κ2) is 5.78. The molecule has 6 nitrogen and oxygen atoms in total. The first-order valence-corrected chi connectivity index (χ1v) is 6.68. The van der Waals surface area contributed by atoms with Crippen molar-refractivity contribution in [3.05, 3.63) is 48.5 Å². The van der Waals surface area contributed by atoms with Gasteiger partial charge in [-0.1, -0.05) is 12.1 Å². The normalized spacial score (nSPS) is 14.1. The van der Waals surface area contributed by atoms with E-state index >= 15 is 0 Å². The van der Waals surface area contributed by atoms with Crippen molar-refractivity contribution in [2.45, 2.75) is 6.54 Å². The lowest BCUT2D eigenvalue weighted by Gasteiger charge is -2.15. The van der Waals surface area contributed by atoms with Gasteiger partial charge in [-0.2, -0.15) is 0 Å². The molecule has 0 N–H and O–H groups in total. The van der Waals surface area contributed by atoms with Gasteiger partial charge in [0.1, 0.15) is 19.0 Å².